The van der Waals surface area contributed by atoms with Crippen LogP contribution >= 0.6 is 8.87 Å². The molecule has 0 saturated carbocycles. The fraction of sp³-hybridized carbons (Fsp3) is 1.00. The minimum atomic E-state index is -0.625. The first-order chi connectivity index (χ1) is 4.68. The molecule has 0 aromatic rings. The first kappa shape index (κ1) is 9.06. The van der Waals surface area contributed by atoms with Crippen LogP contribution in [0.4, 0.5) is 0 Å². The molecule has 1 heterocycles. The van der Waals surface area contributed by atoms with Crippen LogP contribution in [0.5, 0.6) is 0 Å². The monoisotopic (exact) mass is 224 g/mol. The summed E-state index contributed by atoms with van der Waals surface area (Å²) in [7, 11) is 1.53. The third-order valence-corrected chi connectivity index (χ3v) is 5.27. The summed E-state index contributed by atoms with van der Waals surface area (Å²) >= 11 is 4.43. The van der Waals surface area contributed by atoms with Crippen molar-refractivity contribution in [2.45, 2.75) is 0 Å². The SMILES string of the molecule is CN1CS(=O)CC[S](=[Co])C1. The first-order valence-corrected chi connectivity index (χ1v) is 7.23. The number of hydrogen-bond donors (Lipinski definition) is 0. The molecule has 1 saturated heterocycles. The van der Waals surface area contributed by atoms with Gasteiger partial charge in [-0.2, -0.15) is 0 Å². The Kier molecular flexibility index (Phi) is 3.72. The molecular formula is C5H11CoNOS2. The number of nitrogens with zero attached hydrogens (tertiary/aromatic N) is 1. The molecule has 0 bridgehead atoms. The van der Waals surface area contributed by atoms with Crippen LogP contribution in [0.2, 0.25) is 0 Å². The van der Waals surface area contributed by atoms with Crippen molar-refractivity contribution in [2.75, 3.05) is 30.3 Å². The zero-order chi connectivity index (χ0) is 7.56. The van der Waals surface area contributed by atoms with E-state index in [9.17, 15) is 4.21 Å². The number of hydrogen-bond acceptors (Lipinski definition) is 2. The normalized spacial score (nSPS) is 37.4. The summed E-state index contributed by atoms with van der Waals surface area (Å²) in [6.07, 6.45) is 0. The van der Waals surface area contributed by atoms with Crippen LogP contribution in [0.15, 0.2) is 0 Å². The Morgan fingerprint density at radius 2 is 2.10 bits per heavy atom. The van der Waals surface area contributed by atoms with Gasteiger partial charge in [0, 0.05) is 0 Å². The second kappa shape index (κ2) is 4.11. The first-order valence-electron chi connectivity index (χ1n) is 3.04. The van der Waals surface area contributed by atoms with Crippen LogP contribution in [0.3, 0.4) is 0 Å². The van der Waals surface area contributed by atoms with Crippen LogP contribution in [-0.4, -0.2) is 39.4 Å². The maximum atomic E-state index is 11.1. The van der Waals surface area contributed by atoms with E-state index in [1.807, 2.05) is 7.05 Å². The van der Waals surface area contributed by atoms with Crippen molar-refractivity contribution in [1.82, 2.24) is 4.90 Å². The molecule has 0 spiro atoms. The van der Waals surface area contributed by atoms with E-state index in [4.69, 9.17) is 0 Å². The quantitative estimate of drug-likeness (QED) is 0.591. The predicted molar refractivity (Wildman–Crippen MR) is 43.0 cm³/mol. The average molecular weight is 224 g/mol. The summed E-state index contributed by atoms with van der Waals surface area (Å²) in [6, 6.07) is 0. The molecule has 1 aliphatic heterocycles. The van der Waals surface area contributed by atoms with Crippen LogP contribution in [0, 0.1) is 0 Å². The standard InChI is InChI=1S/C5H11NOS2.Co/c1-6-4-8-2-3-9(7)5-6;/h2-5H2,1H3;. The third kappa shape index (κ3) is 2.92. The van der Waals surface area contributed by atoms with Crippen molar-refractivity contribution < 1.29 is 18.3 Å². The van der Waals surface area contributed by atoms with Gasteiger partial charge < -0.3 is 0 Å². The topological polar surface area (TPSA) is 20.3 Å². The van der Waals surface area contributed by atoms with Gasteiger partial charge in [-0.3, -0.25) is 0 Å². The molecule has 0 N–H and O–H groups in total. The van der Waals surface area contributed by atoms with Crippen molar-refractivity contribution in [3.63, 3.8) is 0 Å². The third-order valence-electron chi connectivity index (χ3n) is 1.24. The van der Waals surface area contributed by atoms with Gasteiger partial charge in [0.05, 0.1) is 0 Å². The van der Waals surface area contributed by atoms with Gasteiger partial charge in [0.2, 0.25) is 0 Å². The molecule has 0 aliphatic carbocycles. The molecule has 5 heteroatoms. The van der Waals surface area contributed by atoms with Gasteiger partial charge in [-0.25, -0.2) is 0 Å². The maximum absolute atomic E-state index is 11.1. The van der Waals surface area contributed by atoms with Crippen LogP contribution < -0.4 is 0 Å². The van der Waals surface area contributed by atoms with Crippen molar-refractivity contribution in [3.05, 3.63) is 0 Å². The Balaban J connectivity index is 2.54. The van der Waals surface area contributed by atoms with Gasteiger partial charge in [-0.15, -0.1) is 0 Å². The van der Waals surface area contributed by atoms with E-state index in [0.717, 1.165) is 23.3 Å². The molecule has 1 aliphatic rings. The average Bonchev–Trinajstić information content (AvgIpc) is 1.93. The Bertz CT molecular complexity index is 155. The fourth-order valence-corrected chi connectivity index (χ4v) is 5.23. The molecule has 63 valence electrons. The van der Waals surface area contributed by atoms with Gasteiger partial charge in [-0.1, -0.05) is 0 Å². The van der Waals surface area contributed by atoms with E-state index in [1.165, 1.54) is 0 Å². The Labute approximate surface area is 73.2 Å². The zero-order valence-electron chi connectivity index (χ0n) is 5.83. The van der Waals surface area contributed by atoms with Gasteiger partial charge in [0.25, 0.3) is 0 Å². The predicted octanol–water partition coefficient (Wildman–Crippen LogP) is 0.326. The molecule has 1 rings (SSSR count). The van der Waals surface area contributed by atoms with Crippen LogP contribution in [0.1, 0.15) is 0 Å². The Morgan fingerprint density at radius 1 is 1.40 bits per heavy atom. The van der Waals surface area contributed by atoms with Crippen LogP contribution in [-0.2, 0) is 24.9 Å². The summed E-state index contributed by atoms with van der Waals surface area (Å²) in [5.74, 6) is 3.56. The summed E-state index contributed by atoms with van der Waals surface area (Å²) in [5.41, 5.74) is 0. The van der Waals surface area contributed by atoms with Crippen molar-refractivity contribution in [2.24, 2.45) is 0 Å². The van der Waals surface area contributed by atoms with E-state index in [1.54, 1.807) is 0 Å². The molecule has 0 aromatic carbocycles. The molecule has 0 amide bonds. The van der Waals surface area contributed by atoms with Gasteiger partial charge in [0.1, 0.15) is 0 Å². The second-order valence-electron chi connectivity index (χ2n) is 2.36. The van der Waals surface area contributed by atoms with Gasteiger partial charge in [0.15, 0.2) is 0 Å². The second-order valence-corrected chi connectivity index (χ2v) is 7.17. The van der Waals surface area contributed by atoms with Crippen molar-refractivity contribution in [3.8, 4) is 0 Å². The van der Waals surface area contributed by atoms with Crippen molar-refractivity contribution in [1.29, 1.82) is 0 Å². The Hall–Kier alpha value is 0.966. The molecule has 1 fully saturated rings. The molecule has 10 heavy (non-hydrogen) atoms. The molecule has 2 unspecified atom stereocenters. The molecular weight excluding hydrogens is 213 g/mol. The van der Waals surface area contributed by atoms with E-state index < -0.39 is 10.8 Å². The molecule has 2 atom stereocenters. The van der Waals surface area contributed by atoms with E-state index in [0.29, 0.717) is 0 Å². The zero-order valence-corrected chi connectivity index (χ0v) is 8.51. The summed E-state index contributed by atoms with van der Waals surface area (Å²) < 4.78 is 11.1. The summed E-state index contributed by atoms with van der Waals surface area (Å²) in [4.78, 5) is 2.09. The van der Waals surface area contributed by atoms with Crippen molar-refractivity contribution >= 4 is 19.7 Å². The number of rotatable bonds is 0. The molecule has 0 radical (unpaired) electrons. The Morgan fingerprint density at radius 3 is 2.80 bits per heavy atom. The molecule has 2 nitrogen and oxygen atoms in total. The van der Waals surface area contributed by atoms with Crippen LogP contribution in [0.25, 0.3) is 0 Å². The molecule has 0 aromatic heterocycles. The van der Waals surface area contributed by atoms with Gasteiger partial charge in [-0.05, 0) is 0 Å². The van der Waals surface area contributed by atoms with Gasteiger partial charge >= 0.3 is 73.2 Å². The minimum absolute atomic E-state index is 0.162. The van der Waals surface area contributed by atoms with E-state index in [2.05, 4.69) is 19.0 Å². The van der Waals surface area contributed by atoms with E-state index in [-0.39, 0.29) is 8.87 Å². The summed E-state index contributed by atoms with van der Waals surface area (Å²) in [5, 5.41) is 0. The van der Waals surface area contributed by atoms with E-state index >= 15 is 0 Å². The fourth-order valence-electron chi connectivity index (χ4n) is 0.821. The summed E-state index contributed by atoms with van der Waals surface area (Å²) in [6.45, 7) is 0.